The largest absolute Gasteiger partial charge is 0.295 e. The first-order valence-corrected chi connectivity index (χ1v) is 6.54. The van der Waals surface area contributed by atoms with Crippen molar-refractivity contribution in [3.8, 4) is 0 Å². The summed E-state index contributed by atoms with van der Waals surface area (Å²) in [5, 5.41) is 3.91. The third-order valence-electron chi connectivity index (χ3n) is 2.71. The van der Waals surface area contributed by atoms with E-state index in [4.69, 9.17) is 0 Å². The Morgan fingerprint density at radius 3 is 2.65 bits per heavy atom. The standard InChI is InChI=1S/C13H8FN3O2S/c1-7-11(18)15-13-17(16-7)12(19)10(20-13)6-8-2-4-9(14)5-3-8/h2-6H,1H3. The fourth-order valence-electron chi connectivity index (χ4n) is 1.70. The lowest BCUT2D eigenvalue weighted by Crippen LogP contribution is -2.27. The van der Waals surface area contributed by atoms with E-state index >= 15 is 0 Å². The van der Waals surface area contributed by atoms with Crippen molar-refractivity contribution in [2.75, 3.05) is 0 Å². The highest BCUT2D eigenvalue weighted by Crippen LogP contribution is 2.04. The van der Waals surface area contributed by atoms with E-state index in [1.165, 1.54) is 19.1 Å². The van der Waals surface area contributed by atoms with Gasteiger partial charge in [-0.25, -0.2) is 4.39 Å². The number of aromatic nitrogens is 3. The van der Waals surface area contributed by atoms with E-state index in [1.807, 2.05) is 0 Å². The summed E-state index contributed by atoms with van der Waals surface area (Å²) in [6, 6.07) is 5.75. The molecule has 2 aromatic heterocycles. The lowest BCUT2D eigenvalue weighted by Gasteiger charge is -1.90. The molecule has 0 unspecified atom stereocenters. The maximum absolute atomic E-state index is 12.8. The van der Waals surface area contributed by atoms with E-state index in [-0.39, 0.29) is 22.0 Å². The van der Waals surface area contributed by atoms with Crippen molar-refractivity contribution in [1.82, 2.24) is 14.6 Å². The van der Waals surface area contributed by atoms with Gasteiger partial charge in [-0.1, -0.05) is 23.5 Å². The molecule has 0 atom stereocenters. The Bertz CT molecular complexity index is 960. The lowest BCUT2D eigenvalue weighted by molar-refractivity contribution is 0.628. The number of hydrogen-bond acceptors (Lipinski definition) is 5. The summed E-state index contributed by atoms with van der Waals surface area (Å²) < 4.78 is 14.3. The van der Waals surface area contributed by atoms with Crippen molar-refractivity contribution in [1.29, 1.82) is 0 Å². The summed E-state index contributed by atoms with van der Waals surface area (Å²) in [6.07, 6.45) is 1.61. The molecule has 0 aliphatic heterocycles. The molecule has 0 aliphatic rings. The number of aryl methyl sites for hydroxylation is 1. The zero-order chi connectivity index (χ0) is 14.3. The highest BCUT2D eigenvalue weighted by Gasteiger charge is 2.08. The topological polar surface area (TPSA) is 64.3 Å². The van der Waals surface area contributed by atoms with Gasteiger partial charge < -0.3 is 0 Å². The van der Waals surface area contributed by atoms with Crippen molar-refractivity contribution in [3.63, 3.8) is 0 Å². The maximum Gasteiger partial charge on any atom is 0.295 e. The molecule has 0 bridgehead atoms. The number of thiazole rings is 1. The van der Waals surface area contributed by atoms with Crippen molar-refractivity contribution in [2.24, 2.45) is 0 Å². The number of benzene rings is 1. The minimum absolute atomic E-state index is 0.172. The van der Waals surface area contributed by atoms with Gasteiger partial charge in [-0.3, -0.25) is 9.59 Å². The average molecular weight is 289 g/mol. The van der Waals surface area contributed by atoms with Crippen LogP contribution in [0.2, 0.25) is 0 Å². The van der Waals surface area contributed by atoms with Gasteiger partial charge in [0.25, 0.3) is 11.1 Å². The fourth-order valence-corrected chi connectivity index (χ4v) is 2.60. The van der Waals surface area contributed by atoms with Crippen LogP contribution in [-0.2, 0) is 0 Å². The maximum atomic E-state index is 12.8. The first kappa shape index (κ1) is 12.6. The van der Waals surface area contributed by atoms with Crippen LogP contribution in [0.1, 0.15) is 11.3 Å². The van der Waals surface area contributed by atoms with E-state index < -0.39 is 5.56 Å². The molecule has 0 N–H and O–H groups in total. The van der Waals surface area contributed by atoms with Gasteiger partial charge in [0.2, 0.25) is 4.96 Å². The zero-order valence-corrected chi connectivity index (χ0v) is 11.1. The van der Waals surface area contributed by atoms with Crippen LogP contribution in [0.3, 0.4) is 0 Å². The Kier molecular flexibility index (Phi) is 2.90. The molecule has 2 heterocycles. The Hall–Kier alpha value is -2.41. The van der Waals surface area contributed by atoms with Gasteiger partial charge in [-0.2, -0.15) is 14.6 Å². The molecule has 0 spiro atoms. The van der Waals surface area contributed by atoms with Crippen molar-refractivity contribution >= 4 is 22.4 Å². The fraction of sp³-hybridized carbons (Fsp3) is 0.0769. The smallest absolute Gasteiger partial charge is 0.266 e. The summed E-state index contributed by atoms with van der Waals surface area (Å²) in [5.41, 5.74) is 0.0740. The van der Waals surface area contributed by atoms with E-state index in [0.29, 0.717) is 10.1 Å². The molecule has 0 amide bonds. The van der Waals surface area contributed by atoms with Crippen LogP contribution in [0.15, 0.2) is 33.9 Å². The summed E-state index contributed by atoms with van der Waals surface area (Å²) >= 11 is 1.07. The second kappa shape index (κ2) is 4.61. The molecule has 0 saturated carbocycles. The van der Waals surface area contributed by atoms with Crippen LogP contribution in [0, 0.1) is 12.7 Å². The van der Waals surface area contributed by atoms with Gasteiger partial charge in [0.15, 0.2) is 0 Å². The van der Waals surface area contributed by atoms with E-state index in [1.54, 1.807) is 18.2 Å². The Morgan fingerprint density at radius 2 is 1.95 bits per heavy atom. The number of halogens is 1. The SMILES string of the molecule is Cc1nn2c(=O)c(=Cc3ccc(F)cc3)sc2nc1=O. The summed E-state index contributed by atoms with van der Waals surface area (Å²) in [4.78, 5) is 27.6. The zero-order valence-electron chi connectivity index (χ0n) is 10.3. The van der Waals surface area contributed by atoms with Crippen LogP contribution in [0.4, 0.5) is 4.39 Å². The van der Waals surface area contributed by atoms with Crippen molar-refractivity contribution < 1.29 is 4.39 Å². The monoisotopic (exact) mass is 289 g/mol. The second-order valence-corrected chi connectivity index (χ2v) is 5.17. The van der Waals surface area contributed by atoms with Crippen LogP contribution in [-0.4, -0.2) is 14.6 Å². The summed E-state index contributed by atoms with van der Waals surface area (Å²) in [5.74, 6) is -0.342. The van der Waals surface area contributed by atoms with Gasteiger partial charge in [-0.15, -0.1) is 0 Å². The number of rotatable bonds is 1. The molecule has 5 nitrogen and oxygen atoms in total. The Labute approximate surface area is 115 Å². The molecular weight excluding hydrogens is 281 g/mol. The predicted molar refractivity (Wildman–Crippen MR) is 73.3 cm³/mol. The van der Waals surface area contributed by atoms with Crippen molar-refractivity contribution in [3.05, 3.63) is 66.6 Å². The third kappa shape index (κ3) is 2.12. The van der Waals surface area contributed by atoms with Gasteiger partial charge in [0, 0.05) is 0 Å². The third-order valence-corrected chi connectivity index (χ3v) is 3.67. The molecule has 0 aliphatic carbocycles. The highest BCUT2D eigenvalue weighted by atomic mass is 32.1. The minimum Gasteiger partial charge on any atom is -0.266 e. The highest BCUT2D eigenvalue weighted by molar-refractivity contribution is 7.15. The Balaban J connectivity index is 2.27. The minimum atomic E-state index is -0.445. The van der Waals surface area contributed by atoms with Crippen molar-refractivity contribution in [2.45, 2.75) is 6.92 Å². The van der Waals surface area contributed by atoms with Crippen LogP contribution in [0.5, 0.6) is 0 Å². The van der Waals surface area contributed by atoms with Crippen LogP contribution >= 0.6 is 11.3 Å². The summed E-state index contributed by atoms with van der Waals surface area (Å²) in [7, 11) is 0. The second-order valence-electron chi connectivity index (χ2n) is 4.16. The first-order chi connectivity index (χ1) is 9.54. The summed E-state index contributed by atoms with van der Waals surface area (Å²) in [6.45, 7) is 1.50. The molecule has 0 fully saturated rings. The molecule has 3 rings (SSSR count). The van der Waals surface area contributed by atoms with E-state index in [2.05, 4.69) is 10.1 Å². The lowest BCUT2D eigenvalue weighted by atomic mass is 10.2. The molecular formula is C13H8FN3O2S. The van der Waals surface area contributed by atoms with E-state index in [0.717, 1.165) is 15.9 Å². The average Bonchev–Trinajstić information content (AvgIpc) is 2.70. The number of nitrogens with zero attached hydrogens (tertiary/aromatic N) is 3. The van der Waals surface area contributed by atoms with Crippen LogP contribution < -0.4 is 15.7 Å². The molecule has 3 aromatic rings. The molecule has 0 radical (unpaired) electrons. The van der Waals surface area contributed by atoms with Crippen LogP contribution in [0.25, 0.3) is 11.0 Å². The van der Waals surface area contributed by atoms with Gasteiger partial charge in [0.05, 0.1) is 4.53 Å². The first-order valence-electron chi connectivity index (χ1n) is 5.72. The van der Waals surface area contributed by atoms with Gasteiger partial charge >= 0.3 is 0 Å². The van der Waals surface area contributed by atoms with Gasteiger partial charge in [0.1, 0.15) is 11.5 Å². The molecule has 20 heavy (non-hydrogen) atoms. The molecule has 100 valence electrons. The predicted octanol–water partition coefficient (Wildman–Crippen LogP) is 0.506. The Morgan fingerprint density at radius 1 is 1.25 bits per heavy atom. The van der Waals surface area contributed by atoms with E-state index in [9.17, 15) is 14.0 Å². The molecule has 0 saturated heterocycles. The molecule has 1 aromatic carbocycles. The normalized spacial score (nSPS) is 12.2. The quantitative estimate of drug-likeness (QED) is 0.654. The number of hydrogen-bond donors (Lipinski definition) is 0. The molecule has 7 heteroatoms. The number of fused-ring (bicyclic) bond motifs is 1. The van der Waals surface area contributed by atoms with Gasteiger partial charge in [-0.05, 0) is 30.7 Å².